The number of aliphatic hydroxyl groups is 1. The smallest absolute Gasteiger partial charge is 0.459 e. The van der Waals surface area contributed by atoms with Crippen LogP contribution in [-0.2, 0) is 28.2 Å². The summed E-state index contributed by atoms with van der Waals surface area (Å²) in [6.45, 7) is 1.17. The van der Waals surface area contributed by atoms with E-state index >= 15 is 8.78 Å². The van der Waals surface area contributed by atoms with Crippen LogP contribution in [0.2, 0.25) is 0 Å². The van der Waals surface area contributed by atoms with Gasteiger partial charge in [-0.15, -0.1) is 0 Å². The lowest BCUT2D eigenvalue weighted by molar-refractivity contribution is -0.142. The van der Waals surface area contributed by atoms with E-state index in [9.17, 15) is 24.1 Å². The number of carbonyl (C=O) groups is 2. The molecule has 1 aromatic heterocycles. The second kappa shape index (κ2) is 12.9. The van der Waals surface area contributed by atoms with Gasteiger partial charge in [-0.1, -0.05) is 18.2 Å². The van der Waals surface area contributed by atoms with E-state index in [1.54, 1.807) is 25.2 Å². The predicted molar refractivity (Wildman–Crippen MR) is 143 cm³/mol. The summed E-state index contributed by atoms with van der Waals surface area (Å²) in [5.74, 6) is -5.25. The standard InChI is InChI=1S/C25H32F2N5O9P/c1-15(22(35)38-3)30-42(37,41-16-8-5-4-6-9-16)39-14-18-20(33)25(26,27)23(40-18)32-13-11-19(29-24(32)36)28-21(34)17-10-7-12-31(17)2/h4-6,8-9,11,13,15,17-18,20,23,33H,7,10,12,14H2,1-3H3,(H,30,37)(H,28,29,34,36)/t15-,17-,18+,20+,23+,42?/m0/s1. The van der Waals surface area contributed by atoms with Crippen LogP contribution < -0.4 is 20.6 Å². The monoisotopic (exact) mass is 615 g/mol. The van der Waals surface area contributed by atoms with E-state index in [1.807, 2.05) is 4.90 Å². The number of methoxy groups -OCH3 is 1. The van der Waals surface area contributed by atoms with Gasteiger partial charge in [0.2, 0.25) is 12.1 Å². The highest BCUT2D eigenvalue weighted by Crippen LogP contribution is 2.48. The van der Waals surface area contributed by atoms with Crippen molar-refractivity contribution >= 4 is 25.4 Å². The number of nitrogens with zero attached hydrogens (tertiary/aromatic N) is 3. The average molecular weight is 616 g/mol. The third kappa shape index (κ3) is 7.02. The quantitative estimate of drug-likeness (QED) is 0.246. The van der Waals surface area contributed by atoms with Gasteiger partial charge >= 0.3 is 25.3 Å². The zero-order valence-electron chi connectivity index (χ0n) is 23.0. The van der Waals surface area contributed by atoms with E-state index in [0.717, 1.165) is 32.3 Å². The molecule has 3 heterocycles. The maximum atomic E-state index is 15.1. The largest absolute Gasteiger partial charge is 0.468 e. The van der Waals surface area contributed by atoms with Crippen LogP contribution >= 0.6 is 7.75 Å². The molecule has 2 fully saturated rings. The summed E-state index contributed by atoms with van der Waals surface area (Å²) in [4.78, 5) is 42.6. The number of likely N-dealkylation sites (N-methyl/N-ethyl adjacent to an activating group) is 1. The normalized spacial score (nSPS) is 25.9. The van der Waals surface area contributed by atoms with Crippen LogP contribution in [0.15, 0.2) is 47.4 Å². The Morgan fingerprint density at radius 2 is 2.00 bits per heavy atom. The summed E-state index contributed by atoms with van der Waals surface area (Å²) < 4.78 is 64.9. The molecule has 4 rings (SSSR count). The van der Waals surface area contributed by atoms with Gasteiger partial charge < -0.3 is 24.4 Å². The lowest BCUT2D eigenvalue weighted by atomic mass is 10.1. The number of hydrogen-bond acceptors (Lipinski definition) is 11. The molecular weight excluding hydrogens is 583 g/mol. The van der Waals surface area contributed by atoms with Gasteiger partial charge in [-0.25, -0.2) is 9.36 Å². The fourth-order valence-corrected chi connectivity index (χ4v) is 6.07. The first-order valence-electron chi connectivity index (χ1n) is 13.0. The van der Waals surface area contributed by atoms with Crippen molar-refractivity contribution in [3.8, 4) is 5.75 Å². The van der Waals surface area contributed by atoms with Crippen LogP contribution in [-0.4, -0.2) is 89.0 Å². The molecule has 0 bridgehead atoms. The molecule has 2 aliphatic heterocycles. The first-order chi connectivity index (χ1) is 19.8. The third-order valence-corrected chi connectivity index (χ3v) is 8.46. The van der Waals surface area contributed by atoms with Crippen LogP contribution in [0.1, 0.15) is 26.0 Å². The van der Waals surface area contributed by atoms with Crippen molar-refractivity contribution in [3.63, 3.8) is 0 Å². The van der Waals surface area contributed by atoms with E-state index in [0.29, 0.717) is 11.0 Å². The number of para-hydroxylation sites is 1. The Bertz CT molecular complexity index is 1380. The summed E-state index contributed by atoms with van der Waals surface area (Å²) >= 11 is 0. The minimum atomic E-state index is -4.43. The van der Waals surface area contributed by atoms with E-state index < -0.39 is 62.5 Å². The Morgan fingerprint density at radius 1 is 1.29 bits per heavy atom. The van der Waals surface area contributed by atoms with Crippen LogP contribution in [0.3, 0.4) is 0 Å². The molecule has 6 atom stereocenters. The Balaban J connectivity index is 1.48. The molecule has 1 amide bonds. The number of nitrogens with one attached hydrogen (secondary N) is 2. The number of hydrogen-bond donors (Lipinski definition) is 3. The topological polar surface area (TPSA) is 171 Å². The molecule has 0 spiro atoms. The van der Waals surface area contributed by atoms with E-state index in [4.69, 9.17) is 13.8 Å². The second-order valence-electron chi connectivity index (χ2n) is 9.85. The second-order valence-corrected chi connectivity index (χ2v) is 11.5. The number of aliphatic hydroxyl groups excluding tert-OH is 1. The van der Waals surface area contributed by atoms with Crippen LogP contribution in [0.25, 0.3) is 0 Å². The molecule has 42 heavy (non-hydrogen) atoms. The molecule has 2 aromatic rings. The van der Waals surface area contributed by atoms with Crippen molar-refractivity contribution in [2.75, 3.05) is 32.6 Å². The Hall–Kier alpha value is -3.27. The Morgan fingerprint density at radius 3 is 2.62 bits per heavy atom. The lowest BCUT2D eigenvalue weighted by Gasteiger charge is -2.24. The maximum absolute atomic E-state index is 15.1. The van der Waals surface area contributed by atoms with Gasteiger partial charge in [0.05, 0.1) is 19.8 Å². The van der Waals surface area contributed by atoms with Crippen molar-refractivity contribution in [1.29, 1.82) is 0 Å². The zero-order chi connectivity index (χ0) is 30.7. The summed E-state index contributed by atoms with van der Waals surface area (Å²) in [5.41, 5.74) is -1.17. The number of ether oxygens (including phenoxy) is 2. The third-order valence-electron chi connectivity index (χ3n) is 6.82. The van der Waals surface area contributed by atoms with Gasteiger partial charge in [0.1, 0.15) is 23.7 Å². The van der Waals surface area contributed by atoms with Gasteiger partial charge in [0.25, 0.3) is 0 Å². The molecular formula is C25H32F2N5O9P. The highest BCUT2D eigenvalue weighted by atomic mass is 31.2. The molecule has 17 heteroatoms. The zero-order valence-corrected chi connectivity index (χ0v) is 23.9. The maximum Gasteiger partial charge on any atom is 0.459 e. The number of aromatic nitrogens is 2. The summed E-state index contributed by atoms with van der Waals surface area (Å²) in [7, 11) is -1.53. The number of anilines is 1. The molecule has 1 aromatic carbocycles. The number of rotatable bonds is 11. The van der Waals surface area contributed by atoms with Gasteiger partial charge in [-0.2, -0.15) is 18.9 Å². The first-order valence-corrected chi connectivity index (χ1v) is 14.6. The van der Waals surface area contributed by atoms with Crippen LogP contribution in [0.4, 0.5) is 14.6 Å². The van der Waals surface area contributed by atoms with Crippen molar-refractivity contribution in [2.45, 2.75) is 56.2 Å². The molecule has 1 unspecified atom stereocenters. The van der Waals surface area contributed by atoms with Gasteiger partial charge in [0.15, 0.2) is 6.10 Å². The molecule has 230 valence electrons. The molecule has 2 aliphatic rings. The Kier molecular flexibility index (Phi) is 9.75. The molecule has 0 saturated carbocycles. The molecule has 14 nitrogen and oxygen atoms in total. The first kappa shape index (κ1) is 31.7. The number of alkyl halides is 2. The molecule has 0 radical (unpaired) electrons. The summed E-state index contributed by atoms with van der Waals surface area (Å²) in [5, 5.41) is 15.2. The SMILES string of the molecule is COC(=O)[C@H](C)NP(=O)(OC[C@H]1O[C@@H](n2ccc(NC(=O)[C@@H]3CCCN3C)nc2=O)C(F)(F)[C@@H]1O)Oc1ccccc1. The highest BCUT2D eigenvalue weighted by molar-refractivity contribution is 7.52. The van der Waals surface area contributed by atoms with Crippen molar-refractivity contribution in [3.05, 3.63) is 53.1 Å². The van der Waals surface area contributed by atoms with Crippen molar-refractivity contribution in [1.82, 2.24) is 19.5 Å². The fourth-order valence-electron chi connectivity index (χ4n) is 4.57. The van der Waals surface area contributed by atoms with Crippen LogP contribution in [0.5, 0.6) is 5.75 Å². The molecule has 0 aliphatic carbocycles. The van der Waals surface area contributed by atoms with Gasteiger partial charge in [-0.3, -0.25) is 23.6 Å². The highest BCUT2D eigenvalue weighted by Gasteiger charge is 2.60. The average Bonchev–Trinajstić information content (AvgIpc) is 3.47. The minimum absolute atomic E-state index is 0.0749. The minimum Gasteiger partial charge on any atom is -0.468 e. The van der Waals surface area contributed by atoms with Crippen molar-refractivity contribution < 1.29 is 46.6 Å². The molecule has 3 N–H and O–H groups in total. The number of esters is 1. The van der Waals surface area contributed by atoms with Gasteiger partial charge in [-0.05, 0) is 51.6 Å². The van der Waals surface area contributed by atoms with Gasteiger partial charge in [0, 0.05) is 6.20 Å². The lowest BCUT2D eigenvalue weighted by Crippen LogP contribution is -2.42. The Labute approximate surface area is 239 Å². The number of amides is 1. The number of benzene rings is 1. The summed E-state index contributed by atoms with van der Waals surface area (Å²) in [6.07, 6.45) is -4.15. The van der Waals surface area contributed by atoms with E-state index in [2.05, 4.69) is 20.1 Å². The number of halogens is 2. The number of likely N-dealkylation sites (tertiary alicyclic amines) is 1. The number of carbonyl (C=O) groups excluding carboxylic acids is 2. The van der Waals surface area contributed by atoms with Crippen LogP contribution in [0, 0.1) is 0 Å². The van der Waals surface area contributed by atoms with E-state index in [1.165, 1.54) is 19.1 Å². The summed E-state index contributed by atoms with van der Waals surface area (Å²) in [6, 6.07) is 7.28. The fraction of sp³-hybridized carbons (Fsp3) is 0.520. The van der Waals surface area contributed by atoms with E-state index in [-0.39, 0.29) is 17.5 Å². The van der Waals surface area contributed by atoms with Crippen molar-refractivity contribution in [2.24, 2.45) is 0 Å². The molecule has 2 saturated heterocycles. The predicted octanol–water partition coefficient (Wildman–Crippen LogP) is 1.52.